The van der Waals surface area contributed by atoms with Crippen LogP contribution < -0.4 is 10.2 Å². The summed E-state index contributed by atoms with van der Waals surface area (Å²) < 4.78 is 0. The van der Waals surface area contributed by atoms with Crippen molar-refractivity contribution >= 4 is 46.5 Å². The van der Waals surface area contributed by atoms with E-state index in [9.17, 15) is 9.59 Å². The lowest BCUT2D eigenvalue weighted by atomic mass is 9.88. The molecule has 6 heteroatoms. The van der Waals surface area contributed by atoms with Crippen LogP contribution in [0, 0.1) is 0 Å². The standard InChI is InChI=1S/C21H23N3O2S/c1-6-9-24-19(26)16(18(25)22-20(24)27)11-14-7-8-17-15(10-14)13(2)12-21(3,4)23(17)5/h6-8,10-12H,1,9H2,2-5H3,(H,22,25,27)/b16-11+. The van der Waals surface area contributed by atoms with Crippen LogP contribution in [0.3, 0.4) is 0 Å². The van der Waals surface area contributed by atoms with E-state index in [0.717, 1.165) is 16.8 Å². The number of carbonyl (C=O) groups is 2. The van der Waals surface area contributed by atoms with Crippen LogP contribution in [-0.4, -0.2) is 41.0 Å². The highest BCUT2D eigenvalue weighted by Crippen LogP contribution is 2.38. The van der Waals surface area contributed by atoms with Crippen LogP contribution in [0.4, 0.5) is 5.69 Å². The van der Waals surface area contributed by atoms with Crippen LogP contribution in [0.1, 0.15) is 31.9 Å². The molecule has 5 nitrogen and oxygen atoms in total. The minimum absolute atomic E-state index is 0.0662. The van der Waals surface area contributed by atoms with Crippen LogP contribution in [0.25, 0.3) is 11.6 Å². The van der Waals surface area contributed by atoms with Gasteiger partial charge in [-0.1, -0.05) is 18.2 Å². The van der Waals surface area contributed by atoms with Crippen molar-refractivity contribution in [3.63, 3.8) is 0 Å². The molecule has 0 aliphatic carbocycles. The van der Waals surface area contributed by atoms with Crippen LogP contribution >= 0.6 is 12.2 Å². The van der Waals surface area contributed by atoms with E-state index < -0.39 is 11.8 Å². The zero-order valence-electron chi connectivity index (χ0n) is 16.0. The Labute approximate surface area is 165 Å². The Hall–Kier alpha value is -2.73. The van der Waals surface area contributed by atoms with Crippen LogP contribution in [0.2, 0.25) is 0 Å². The molecule has 0 bridgehead atoms. The second-order valence-corrected chi connectivity index (χ2v) is 7.73. The molecule has 0 spiro atoms. The predicted molar refractivity (Wildman–Crippen MR) is 113 cm³/mol. The van der Waals surface area contributed by atoms with Crippen LogP contribution in [-0.2, 0) is 9.59 Å². The van der Waals surface area contributed by atoms with Gasteiger partial charge in [0, 0.05) is 24.8 Å². The smallest absolute Gasteiger partial charge is 0.265 e. The molecule has 140 valence electrons. The van der Waals surface area contributed by atoms with Gasteiger partial charge < -0.3 is 4.90 Å². The Bertz CT molecular complexity index is 927. The number of amides is 2. The molecule has 1 fully saturated rings. The summed E-state index contributed by atoms with van der Waals surface area (Å²) in [6, 6.07) is 5.95. The lowest BCUT2D eigenvalue weighted by molar-refractivity contribution is -0.128. The van der Waals surface area contributed by atoms with Gasteiger partial charge in [-0.15, -0.1) is 6.58 Å². The van der Waals surface area contributed by atoms with Crippen molar-refractivity contribution in [2.75, 3.05) is 18.5 Å². The first-order valence-electron chi connectivity index (χ1n) is 8.73. The van der Waals surface area contributed by atoms with Crippen molar-refractivity contribution in [2.24, 2.45) is 0 Å². The van der Waals surface area contributed by atoms with Gasteiger partial charge in [0.2, 0.25) is 0 Å². The lowest BCUT2D eigenvalue weighted by Gasteiger charge is -2.40. The summed E-state index contributed by atoms with van der Waals surface area (Å²) in [5, 5.41) is 2.67. The molecule has 2 amide bonds. The molecule has 0 atom stereocenters. The van der Waals surface area contributed by atoms with Gasteiger partial charge in [0.1, 0.15) is 5.57 Å². The highest BCUT2D eigenvalue weighted by atomic mass is 32.1. The van der Waals surface area contributed by atoms with E-state index in [1.165, 1.54) is 10.5 Å². The molecule has 2 heterocycles. The minimum Gasteiger partial charge on any atom is -0.366 e. The van der Waals surface area contributed by atoms with Crippen molar-refractivity contribution in [3.05, 3.63) is 53.6 Å². The molecule has 1 N–H and O–H groups in total. The average Bonchev–Trinajstić information content (AvgIpc) is 2.60. The molecule has 3 rings (SSSR count). The number of allylic oxidation sites excluding steroid dienone is 1. The third-order valence-corrected chi connectivity index (χ3v) is 5.37. The highest BCUT2D eigenvalue weighted by Gasteiger charge is 2.33. The number of nitrogens with zero attached hydrogens (tertiary/aromatic N) is 2. The zero-order valence-corrected chi connectivity index (χ0v) is 16.8. The maximum absolute atomic E-state index is 12.7. The van der Waals surface area contributed by atoms with E-state index in [0.29, 0.717) is 0 Å². The number of rotatable bonds is 3. The number of hydrogen-bond donors (Lipinski definition) is 1. The molecule has 1 aromatic rings. The molecule has 2 aliphatic heterocycles. The number of likely N-dealkylation sites (N-methyl/N-ethyl adjacent to an activating group) is 1. The van der Waals surface area contributed by atoms with Gasteiger partial charge in [0.25, 0.3) is 11.8 Å². The van der Waals surface area contributed by atoms with Crippen molar-refractivity contribution < 1.29 is 9.59 Å². The molecule has 1 saturated heterocycles. The number of anilines is 1. The largest absolute Gasteiger partial charge is 0.366 e. The lowest BCUT2D eigenvalue weighted by Crippen LogP contribution is -2.53. The normalized spacial score (nSPS) is 20.4. The van der Waals surface area contributed by atoms with Crippen molar-refractivity contribution in [1.82, 2.24) is 10.2 Å². The van der Waals surface area contributed by atoms with E-state index in [1.807, 2.05) is 18.2 Å². The van der Waals surface area contributed by atoms with Gasteiger partial charge in [-0.25, -0.2) is 0 Å². The first-order chi connectivity index (χ1) is 12.7. The molecular weight excluding hydrogens is 358 g/mol. The van der Waals surface area contributed by atoms with E-state index in [-0.39, 0.29) is 22.8 Å². The minimum atomic E-state index is -0.478. The van der Waals surface area contributed by atoms with E-state index >= 15 is 0 Å². The summed E-state index contributed by atoms with van der Waals surface area (Å²) in [6.07, 6.45) is 5.40. The fraction of sp³-hybridized carbons (Fsp3) is 0.286. The Morgan fingerprint density at radius 1 is 1.30 bits per heavy atom. The number of fused-ring (bicyclic) bond motifs is 1. The molecule has 2 aliphatic rings. The first kappa shape index (κ1) is 19.0. The molecule has 0 unspecified atom stereocenters. The molecule has 0 saturated carbocycles. The monoisotopic (exact) mass is 381 g/mol. The first-order valence-corrected chi connectivity index (χ1v) is 9.14. The topological polar surface area (TPSA) is 52.7 Å². The Kier molecular flexibility index (Phi) is 4.78. The van der Waals surface area contributed by atoms with E-state index in [2.05, 4.69) is 50.7 Å². The number of thiocarbonyl (C=S) groups is 1. The predicted octanol–water partition coefficient (Wildman–Crippen LogP) is 3.13. The Balaban J connectivity index is 2.02. The fourth-order valence-corrected chi connectivity index (χ4v) is 3.67. The maximum Gasteiger partial charge on any atom is 0.265 e. The Morgan fingerprint density at radius 2 is 2.00 bits per heavy atom. The fourth-order valence-electron chi connectivity index (χ4n) is 3.42. The molecular formula is C21H23N3O2S. The maximum atomic E-state index is 12.7. The number of benzene rings is 1. The van der Waals surface area contributed by atoms with Gasteiger partial charge in [-0.3, -0.25) is 19.8 Å². The molecule has 0 aromatic heterocycles. The second-order valence-electron chi connectivity index (χ2n) is 7.34. The summed E-state index contributed by atoms with van der Waals surface area (Å²) in [6.45, 7) is 10.3. The quantitative estimate of drug-likeness (QED) is 0.378. The van der Waals surface area contributed by atoms with Crippen molar-refractivity contribution in [2.45, 2.75) is 26.3 Å². The summed E-state index contributed by atoms with van der Waals surface area (Å²) in [5.41, 5.74) is 4.17. The van der Waals surface area contributed by atoms with Gasteiger partial charge in [0.15, 0.2) is 5.11 Å². The molecule has 27 heavy (non-hydrogen) atoms. The number of nitrogens with one attached hydrogen (secondary N) is 1. The van der Waals surface area contributed by atoms with Crippen molar-refractivity contribution in [3.8, 4) is 0 Å². The van der Waals surface area contributed by atoms with Gasteiger partial charge in [0.05, 0.1) is 5.54 Å². The summed E-state index contributed by atoms with van der Waals surface area (Å²) >= 11 is 5.08. The highest BCUT2D eigenvalue weighted by molar-refractivity contribution is 7.80. The summed E-state index contributed by atoms with van der Waals surface area (Å²) in [4.78, 5) is 28.5. The van der Waals surface area contributed by atoms with Crippen molar-refractivity contribution in [1.29, 1.82) is 0 Å². The Morgan fingerprint density at radius 3 is 2.67 bits per heavy atom. The van der Waals surface area contributed by atoms with Crippen LogP contribution in [0.5, 0.6) is 0 Å². The summed E-state index contributed by atoms with van der Waals surface area (Å²) in [5.74, 6) is -0.888. The van der Waals surface area contributed by atoms with Crippen LogP contribution in [0.15, 0.2) is 42.5 Å². The third-order valence-electron chi connectivity index (χ3n) is 5.05. The summed E-state index contributed by atoms with van der Waals surface area (Å²) in [7, 11) is 2.06. The third kappa shape index (κ3) is 3.32. The van der Waals surface area contributed by atoms with Gasteiger partial charge in [-0.05, 0) is 62.3 Å². The zero-order chi connectivity index (χ0) is 19.9. The van der Waals surface area contributed by atoms with E-state index in [1.54, 1.807) is 12.2 Å². The second kappa shape index (κ2) is 6.78. The number of carbonyl (C=O) groups excluding carboxylic acids is 2. The average molecular weight is 382 g/mol. The van der Waals surface area contributed by atoms with E-state index in [4.69, 9.17) is 12.2 Å². The molecule has 0 radical (unpaired) electrons. The van der Waals surface area contributed by atoms with Gasteiger partial charge in [-0.2, -0.15) is 0 Å². The molecule has 1 aromatic carbocycles. The number of hydrogen-bond acceptors (Lipinski definition) is 4. The SMILES string of the molecule is C=CCN1C(=O)/C(=C/c2ccc3c(c2)C(C)=CC(C)(C)N3C)C(=O)NC1=S. The van der Waals surface area contributed by atoms with Gasteiger partial charge >= 0.3 is 0 Å².